The molecule has 1 aliphatic heterocycles. The maximum Gasteiger partial charge on any atom is 0.281 e. The first-order chi connectivity index (χ1) is 12.2. The first kappa shape index (κ1) is 21.0. The molecule has 2 rings (SSSR count). The number of nitrogens with zero attached hydrogens (tertiary/aromatic N) is 1. The van der Waals surface area contributed by atoms with E-state index < -0.39 is 33.8 Å². The number of hydrogen-bond acceptors (Lipinski definition) is 7. The smallest absolute Gasteiger partial charge is 0.281 e. The Kier molecular flexibility index (Phi) is 6.93. The summed E-state index contributed by atoms with van der Waals surface area (Å²) >= 11 is 0. The standard InChI is InChI=1S/C17H24NO6PS/c1-4-15(18-10-12-23-13-11-18)26(21,22)17(19)16(24-25(2,3)20)14-8-6-5-7-9-14/h4-9,15-16H,1,10-13H2,2-3H3. The van der Waals surface area contributed by atoms with Gasteiger partial charge in [0.2, 0.25) is 9.84 Å². The number of carbonyl (C=O) groups excluding carboxylic acids is 1. The molecule has 0 radical (unpaired) electrons. The Bertz CT molecular complexity index is 783. The lowest BCUT2D eigenvalue weighted by Gasteiger charge is -2.32. The van der Waals surface area contributed by atoms with E-state index in [4.69, 9.17) is 9.26 Å². The van der Waals surface area contributed by atoms with Crippen molar-refractivity contribution in [2.75, 3.05) is 39.6 Å². The molecule has 1 saturated heterocycles. The molecule has 1 aliphatic rings. The van der Waals surface area contributed by atoms with Crippen LogP contribution >= 0.6 is 7.37 Å². The van der Waals surface area contributed by atoms with Crippen molar-refractivity contribution >= 4 is 22.3 Å². The zero-order chi connectivity index (χ0) is 19.4. The van der Waals surface area contributed by atoms with Crippen LogP contribution in [0.5, 0.6) is 0 Å². The van der Waals surface area contributed by atoms with E-state index in [1.165, 1.54) is 19.4 Å². The van der Waals surface area contributed by atoms with Crippen LogP contribution in [0.25, 0.3) is 0 Å². The highest BCUT2D eigenvalue weighted by atomic mass is 32.2. The maximum atomic E-state index is 13.0. The summed E-state index contributed by atoms with van der Waals surface area (Å²) in [5, 5.41) is -2.30. The molecule has 7 nitrogen and oxygen atoms in total. The average molecular weight is 401 g/mol. The predicted molar refractivity (Wildman–Crippen MR) is 100 cm³/mol. The summed E-state index contributed by atoms with van der Waals surface area (Å²) in [4.78, 5) is 14.6. The highest BCUT2D eigenvalue weighted by molar-refractivity contribution is 8.06. The molecule has 1 fully saturated rings. The van der Waals surface area contributed by atoms with Crippen LogP contribution in [-0.4, -0.2) is 63.4 Å². The lowest BCUT2D eigenvalue weighted by atomic mass is 10.1. The van der Waals surface area contributed by atoms with E-state index in [1.54, 1.807) is 35.2 Å². The highest BCUT2D eigenvalue weighted by Crippen LogP contribution is 2.44. The fraction of sp³-hybridized carbons (Fsp3) is 0.471. The third kappa shape index (κ3) is 5.11. The summed E-state index contributed by atoms with van der Waals surface area (Å²) < 4.78 is 48.8. The number of morpholine rings is 1. The lowest BCUT2D eigenvalue weighted by Crippen LogP contribution is -2.48. The Labute approximate surface area is 154 Å². The number of rotatable bonds is 7. The van der Waals surface area contributed by atoms with Crippen LogP contribution in [0.1, 0.15) is 11.7 Å². The van der Waals surface area contributed by atoms with Gasteiger partial charge < -0.3 is 9.26 Å². The normalized spacial score (nSPS) is 18.8. The second kappa shape index (κ2) is 8.59. The fourth-order valence-electron chi connectivity index (χ4n) is 2.69. The van der Waals surface area contributed by atoms with Gasteiger partial charge in [-0.1, -0.05) is 36.4 Å². The number of carbonyl (C=O) groups is 1. The Morgan fingerprint density at radius 2 is 1.85 bits per heavy atom. The fourth-order valence-corrected chi connectivity index (χ4v) is 5.07. The van der Waals surface area contributed by atoms with E-state index in [0.717, 1.165) is 0 Å². The van der Waals surface area contributed by atoms with Gasteiger partial charge in [-0.15, -0.1) is 6.58 Å². The first-order valence-electron chi connectivity index (χ1n) is 8.17. The Balaban J connectivity index is 2.38. The van der Waals surface area contributed by atoms with E-state index in [-0.39, 0.29) is 0 Å². The van der Waals surface area contributed by atoms with E-state index >= 15 is 0 Å². The van der Waals surface area contributed by atoms with Crippen molar-refractivity contribution in [1.82, 2.24) is 4.90 Å². The van der Waals surface area contributed by atoms with Crippen molar-refractivity contribution < 1.29 is 27.0 Å². The molecule has 0 aliphatic carbocycles. The van der Waals surface area contributed by atoms with Gasteiger partial charge in [-0.3, -0.25) is 14.3 Å². The molecule has 1 heterocycles. The minimum atomic E-state index is -4.30. The Morgan fingerprint density at radius 1 is 1.27 bits per heavy atom. The molecule has 2 unspecified atom stereocenters. The SMILES string of the molecule is C=CC(N1CCOCC1)S(=O)(=O)C(=O)C(OP(C)(C)=O)c1ccccc1. The monoisotopic (exact) mass is 401 g/mol. The third-order valence-electron chi connectivity index (χ3n) is 3.88. The van der Waals surface area contributed by atoms with Crippen molar-refractivity contribution in [3.8, 4) is 0 Å². The van der Waals surface area contributed by atoms with Crippen molar-refractivity contribution in [2.24, 2.45) is 0 Å². The number of hydrogen-bond donors (Lipinski definition) is 0. The molecule has 0 saturated carbocycles. The minimum Gasteiger partial charge on any atom is -0.379 e. The van der Waals surface area contributed by atoms with Gasteiger partial charge in [-0.2, -0.15) is 0 Å². The minimum absolute atomic E-state index is 0.342. The van der Waals surface area contributed by atoms with Gasteiger partial charge >= 0.3 is 0 Å². The summed E-state index contributed by atoms with van der Waals surface area (Å²) in [6, 6.07) is 8.21. The zero-order valence-corrected chi connectivity index (χ0v) is 16.6. The van der Waals surface area contributed by atoms with E-state index in [0.29, 0.717) is 31.9 Å². The largest absolute Gasteiger partial charge is 0.379 e. The molecule has 0 spiro atoms. The summed E-state index contributed by atoms with van der Waals surface area (Å²) in [6.45, 7) is 7.78. The maximum absolute atomic E-state index is 13.0. The van der Waals surface area contributed by atoms with Gasteiger partial charge in [0.15, 0.2) is 13.5 Å². The number of ether oxygens (including phenoxy) is 1. The van der Waals surface area contributed by atoms with Crippen LogP contribution in [0.2, 0.25) is 0 Å². The molecule has 0 amide bonds. The second-order valence-corrected chi connectivity index (χ2v) is 11.0. The quantitative estimate of drug-likeness (QED) is 0.510. The van der Waals surface area contributed by atoms with Crippen molar-refractivity contribution in [2.45, 2.75) is 11.5 Å². The van der Waals surface area contributed by atoms with Crippen LogP contribution in [0.3, 0.4) is 0 Å². The number of benzene rings is 1. The lowest BCUT2D eigenvalue weighted by molar-refractivity contribution is -0.118. The molecule has 2 atom stereocenters. The zero-order valence-electron chi connectivity index (χ0n) is 14.9. The van der Waals surface area contributed by atoms with E-state index in [2.05, 4.69) is 6.58 Å². The molecule has 0 bridgehead atoms. The highest BCUT2D eigenvalue weighted by Gasteiger charge is 2.42. The van der Waals surface area contributed by atoms with Gasteiger partial charge in [0.25, 0.3) is 5.12 Å². The molecule has 1 aromatic carbocycles. The van der Waals surface area contributed by atoms with Gasteiger partial charge in [-0.25, -0.2) is 8.42 Å². The molecule has 9 heteroatoms. The first-order valence-corrected chi connectivity index (χ1v) is 12.2. The van der Waals surface area contributed by atoms with Crippen LogP contribution < -0.4 is 0 Å². The topological polar surface area (TPSA) is 90.0 Å². The molecule has 144 valence electrons. The van der Waals surface area contributed by atoms with Gasteiger partial charge in [-0.05, 0) is 5.56 Å². The van der Waals surface area contributed by atoms with Gasteiger partial charge in [0, 0.05) is 26.4 Å². The van der Waals surface area contributed by atoms with Gasteiger partial charge in [0.05, 0.1) is 13.2 Å². The van der Waals surface area contributed by atoms with Crippen LogP contribution in [0.4, 0.5) is 0 Å². The Hall–Kier alpha value is -1.31. The summed E-state index contributed by atoms with van der Waals surface area (Å²) in [6.07, 6.45) is -0.219. The molecule has 0 aromatic heterocycles. The van der Waals surface area contributed by atoms with Crippen LogP contribution in [0, 0.1) is 0 Å². The summed E-state index contributed by atoms with van der Waals surface area (Å²) in [5.41, 5.74) is 0.342. The summed E-state index contributed by atoms with van der Waals surface area (Å²) in [7, 11) is -7.43. The van der Waals surface area contributed by atoms with E-state index in [1.807, 2.05) is 0 Å². The van der Waals surface area contributed by atoms with Gasteiger partial charge in [0.1, 0.15) is 5.37 Å². The predicted octanol–water partition coefficient (Wildman–Crippen LogP) is 2.07. The molecule has 0 N–H and O–H groups in total. The number of sulfone groups is 1. The van der Waals surface area contributed by atoms with Crippen molar-refractivity contribution in [3.63, 3.8) is 0 Å². The third-order valence-corrected chi connectivity index (χ3v) is 6.50. The molecular formula is C17H24NO6PS. The average Bonchev–Trinajstić information content (AvgIpc) is 2.60. The van der Waals surface area contributed by atoms with E-state index in [9.17, 15) is 17.8 Å². The van der Waals surface area contributed by atoms with Crippen molar-refractivity contribution in [1.29, 1.82) is 0 Å². The molecular weight excluding hydrogens is 377 g/mol. The second-order valence-electron chi connectivity index (χ2n) is 6.29. The Morgan fingerprint density at radius 3 is 2.35 bits per heavy atom. The molecule has 26 heavy (non-hydrogen) atoms. The van der Waals surface area contributed by atoms with Crippen LogP contribution in [0.15, 0.2) is 43.0 Å². The van der Waals surface area contributed by atoms with Crippen molar-refractivity contribution in [3.05, 3.63) is 48.6 Å². The summed E-state index contributed by atoms with van der Waals surface area (Å²) in [5.74, 6) is 0. The molecule has 1 aromatic rings. The van der Waals surface area contributed by atoms with Crippen LogP contribution in [-0.2, 0) is 28.5 Å².